The van der Waals surface area contributed by atoms with E-state index in [4.69, 9.17) is 0 Å². The molecule has 0 amide bonds. The number of hydrogen-bond acceptors (Lipinski definition) is 3. The summed E-state index contributed by atoms with van der Waals surface area (Å²) in [6, 6.07) is 115. The first-order valence-corrected chi connectivity index (χ1v) is 27.5. The molecule has 0 aliphatic carbocycles. The summed E-state index contributed by atoms with van der Waals surface area (Å²) < 4.78 is 0. The summed E-state index contributed by atoms with van der Waals surface area (Å²) in [6.45, 7) is 0. The summed E-state index contributed by atoms with van der Waals surface area (Å²) in [7, 11) is 0.727. The molecule has 1 aliphatic heterocycles. The fourth-order valence-electron chi connectivity index (χ4n) is 11.7. The molecular weight excluding hydrogens is 966 g/mol. The minimum atomic E-state index is 0.727. The lowest BCUT2D eigenvalue weighted by Gasteiger charge is -2.36. The highest BCUT2D eigenvalue weighted by Gasteiger charge is 2.31. The van der Waals surface area contributed by atoms with Crippen LogP contribution in [0.15, 0.2) is 315 Å². The molecule has 80 heavy (non-hydrogen) atoms. The van der Waals surface area contributed by atoms with Crippen molar-refractivity contribution in [2.75, 3.05) is 15.1 Å². The monoisotopic (exact) mass is 1020 g/mol. The molecular formula is C76H54BN3. The Kier molecular flexibility index (Phi) is 12.7. The minimum Gasteiger partial charge on any atom is -0.355 e. The summed E-state index contributed by atoms with van der Waals surface area (Å²) in [5.74, 6) is 0. The molecule has 4 heteroatoms. The lowest BCUT2D eigenvalue weighted by molar-refractivity contribution is 1.28. The standard InChI is InChI=1S/C76H54BN3/c1-6-18-53(19-7-1)58-30-39-64(40-31-58)78-72-48-47-68(79(65-41-32-59(33-42-65)54-20-8-2-9-21-54)66-43-34-60(35-44-66)55-22-10-3-11-23-55)52-70(72)75-69-29-17-16-28-63(69)51-74-76(75)77-71-50-62(57-26-14-5-15-27-57)38-49-73(71)80(74)67-45-36-61(37-46-67)56-24-12-4-13-25-56/h1-52,77-78H. The van der Waals surface area contributed by atoms with Crippen molar-refractivity contribution in [3.63, 3.8) is 0 Å². The van der Waals surface area contributed by atoms with Crippen molar-refractivity contribution in [2.24, 2.45) is 0 Å². The van der Waals surface area contributed by atoms with E-state index in [1.54, 1.807) is 0 Å². The molecule has 1 N–H and O–H groups in total. The second-order valence-electron chi connectivity index (χ2n) is 20.6. The summed E-state index contributed by atoms with van der Waals surface area (Å²) in [4.78, 5) is 4.91. The number of hydrogen-bond donors (Lipinski definition) is 1. The van der Waals surface area contributed by atoms with Gasteiger partial charge in [-0.05, 0) is 156 Å². The van der Waals surface area contributed by atoms with Crippen LogP contribution in [0.1, 0.15) is 0 Å². The van der Waals surface area contributed by atoms with Gasteiger partial charge in [-0.25, -0.2) is 0 Å². The van der Waals surface area contributed by atoms with E-state index in [-0.39, 0.29) is 0 Å². The third kappa shape index (κ3) is 9.40. The van der Waals surface area contributed by atoms with Gasteiger partial charge in [0, 0.05) is 51.1 Å². The molecule has 0 saturated heterocycles. The molecule has 0 saturated carbocycles. The van der Waals surface area contributed by atoms with Crippen molar-refractivity contribution in [2.45, 2.75) is 0 Å². The predicted molar refractivity (Wildman–Crippen MR) is 342 cm³/mol. The van der Waals surface area contributed by atoms with Gasteiger partial charge in [-0.1, -0.05) is 242 Å². The molecule has 1 heterocycles. The van der Waals surface area contributed by atoms with Gasteiger partial charge in [0.05, 0.1) is 0 Å². The van der Waals surface area contributed by atoms with Gasteiger partial charge in [-0.2, -0.15) is 0 Å². The van der Waals surface area contributed by atoms with E-state index in [9.17, 15) is 0 Å². The Morgan fingerprint density at radius 2 is 0.725 bits per heavy atom. The van der Waals surface area contributed by atoms with Crippen LogP contribution in [0.3, 0.4) is 0 Å². The maximum Gasteiger partial charge on any atom is 0.198 e. The number of benzene rings is 13. The summed E-state index contributed by atoms with van der Waals surface area (Å²) in [5, 5.41) is 6.37. The smallest absolute Gasteiger partial charge is 0.198 e. The first kappa shape index (κ1) is 48.0. The Bertz CT molecular complexity index is 4200. The molecule has 14 rings (SSSR count). The van der Waals surface area contributed by atoms with E-state index < -0.39 is 0 Å². The second-order valence-corrected chi connectivity index (χ2v) is 20.6. The Hall–Kier alpha value is -10.4. The molecule has 13 aromatic rings. The minimum absolute atomic E-state index is 0.727. The average Bonchev–Trinajstić information content (AvgIpc) is 3.73. The maximum absolute atomic E-state index is 4.00. The zero-order valence-electron chi connectivity index (χ0n) is 44.1. The van der Waals surface area contributed by atoms with Gasteiger partial charge in [0.15, 0.2) is 7.28 Å². The van der Waals surface area contributed by atoms with E-state index in [1.807, 2.05) is 0 Å². The van der Waals surface area contributed by atoms with Gasteiger partial charge in [0.1, 0.15) is 0 Å². The highest BCUT2D eigenvalue weighted by atomic mass is 15.2. The SMILES string of the molecule is B1c2cc(-c3ccccc3)ccc2N(c2ccc(-c3ccccc3)cc2)c2cc3ccccc3c(-c3cc(N(c4ccc(-c5ccccc5)cc4)c4ccc(-c5ccccc5)cc4)ccc3Nc3ccc(-c4ccccc4)cc3)c21. The van der Waals surface area contributed by atoms with E-state index >= 15 is 0 Å². The first-order chi connectivity index (χ1) is 39.6. The number of nitrogens with one attached hydrogen (secondary N) is 1. The quantitative estimate of drug-likeness (QED) is 0.123. The first-order valence-electron chi connectivity index (χ1n) is 27.5. The van der Waals surface area contributed by atoms with Crippen LogP contribution < -0.4 is 26.0 Å². The van der Waals surface area contributed by atoms with Crippen LogP contribution in [-0.4, -0.2) is 7.28 Å². The molecule has 0 fully saturated rings. The van der Waals surface area contributed by atoms with Crippen LogP contribution in [-0.2, 0) is 0 Å². The Labute approximate surface area is 469 Å². The van der Waals surface area contributed by atoms with Gasteiger partial charge in [-0.15, -0.1) is 0 Å². The molecule has 376 valence electrons. The van der Waals surface area contributed by atoms with Gasteiger partial charge < -0.3 is 15.1 Å². The molecule has 0 atom stereocenters. The van der Waals surface area contributed by atoms with Gasteiger partial charge in [0.25, 0.3) is 0 Å². The van der Waals surface area contributed by atoms with Crippen molar-refractivity contribution < 1.29 is 0 Å². The Balaban J connectivity index is 0.989. The second kappa shape index (κ2) is 21.2. The van der Waals surface area contributed by atoms with Crippen LogP contribution in [0.4, 0.5) is 45.5 Å². The number of anilines is 8. The van der Waals surface area contributed by atoms with Crippen molar-refractivity contribution in [1.29, 1.82) is 0 Å². The molecule has 0 bridgehead atoms. The molecule has 13 aromatic carbocycles. The third-order valence-electron chi connectivity index (χ3n) is 15.7. The zero-order valence-corrected chi connectivity index (χ0v) is 44.1. The lowest BCUT2D eigenvalue weighted by Crippen LogP contribution is -2.41. The van der Waals surface area contributed by atoms with Crippen LogP contribution in [0.2, 0.25) is 0 Å². The van der Waals surface area contributed by atoms with Crippen LogP contribution in [0.5, 0.6) is 0 Å². The average molecular weight is 1020 g/mol. The zero-order chi connectivity index (χ0) is 53.2. The van der Waals surface area contributed by atoms with Crippen LogP contribution in [0.25, 0.3) is 77.5 Å². The Morgan fingerprint density at radius 3 is 1.24 bits per heavy atom. The molecule has 1 aliphatic rings. The molecule has 0 aromatic heterocycles. The van der Waals surface area contributed by atoms with E-state index in [0.717, 1.165) is 47.0 Å². The van der Waals surface area contributed by atoms with Crippen molar-refractivity contribution in [3.05, 3.63) is 315 Å². The largest absolute Gasteiger partial charge is 0.355 e. The van der Waals surface area contributed by atoms with Crippen LogP contribution in [0, 0.1) is 0 Å². The summed E-state index contributed by atoms with van der Waals surface area (Å²) in [6.07, 6.45) is 0. The van der Waals surface area contributed by atoms with Gasteiger partial charge >= 0.3 is 0 Å². The highest BCUT2D eigenvalue weighted by Crippen LogP contribution is 2.46. The third-order valence-corrected chi connectivity index (χ3v) is 15.7. The number of nitrogens with zero attached hydrogens (tertiary/aromatic N) is 2. The molecule has 3 nitrogen and oxygen atoms in total. The molecule has 0 unspecified atom stereocenters. The maximum atomic E-state index is 4.00. The van der Waals surface area contributed by atoms with E-state index in [2.05, 4.69) is 331 Å². The molecule has 0 radical (unpaired) electrons. The van der Waals surface area contributed by atoms with Crippen molar-refractivity contribution >= 4 is 74.5 Å². The van der Waals surface area contributed by atoms with E-state index in [1.165, 1.54) is 94.3 Å². The predicted octanol–water partition coefficient (Wildman–Crippen LogP) is 19.2. The highest BCUT2D eigenvalue weighted by molar-refractivity contribution is 6.74. The molecule has 0 spiro atoms. The fourth-order valence-corrected chi connectivity index (χ4v) is 11.7. The van der Waals surface area contributed by atoms with E-state index in [0.29, 0.717) is 0 Å². The number of fused-ring (bicyclic) bond motifs is 3. The fraction of sp³-hybridized carbons (Fsp3) is 0. The lowest BCUT2D eigenvalue weighted by atomic mass is 9.57. The van der Waals surface area contributed by atoms with Crippen molar-refractivity contribution in [3.8, 4) is 66.8 Å². The Morgan fingerprint density at radius 1 is 0.312 bits per heavy atom. The number of rotatable bonds is 12. The van der Waals surface area contributed by atoms with Gasteiger partial charge in [-0.3, -0.25) is 0 Å². The summed E-state index contributed by atoms with van der Waals surface area (Å²) in [5.41, 5.74) is 25.3. The normalized spacial score (nSPS) is 11.6. The van der Waals surface area contributed by atoms with Gasteiger partial charge in [0.2, 0.25) is 0 Å². The summed E-state index contributed by atoms with van der Waals surface area (Å²) >= 11 is 0. The van der Waals surface area contributed by atoms with Crippen LogP contribution >= 0.6 is 0 Å². The topological polar surface area (TPSA) is 18.5 Å². The van der Waals surface area contributed by atoms with Crippen molar-refractivity contribution in [1.82, 2.24) is 0 Å².